The van der Waals surface area contributed by atoms with E-state index in [0.29, 0.717) is 0 Å². The molecule has 1 aliphatic rings. The average Bonchev–Trinajstić information content (AvgIpc) is 3.12. The number of aliphatic hydroxyl groups excluding tert-OH is 1. The SMILES string of the molecule is CC(C)OC(=O)[C@@H](C)NP(=O)(OC[C@H]1O[C@@H](n2ccc(N)nc2=O)[C@H](C#N)[C@@H]1O)Oc1ccccc1. The zero-order valence-corrected chi connectivity index (χ0v) is 20.8. The van der Waals surface area contributed by atoms with E-state index in [1.165, 1.54) is 31.3 Å². The van der Waals surface area contributed by atoms with E-state index in [9.17, 15) is 24.5 Å². The second-order valence-corrected chi connectivity index (χ2v) is 9.98. The minimum Gasteiger partial charge on any atom is -0.462 e. The van der Waals surface area contributed by atoms with Gasteiger partial charge < -0.3 is 24.8 Å². The lowest BCUT2D eigenvalue weighted by atomic mass is 10.0. The van der Waals surface area contributed by atoms with Crippen LogP contribution in [0.2, 0.25) is 0 Å². The molecule has 1 fully saturated rings. The van der Waals surface area contributed by atoms with Gasteiger partial charge >= 0.3 is 19.4 Å². The van der Waals surface area contributed by atoms with Gasteiger partial charge in [-0.25, -0.2) is 9.36 Å². The predicted octanol–water partition coefficient (Wildman–Crippen LogP) is 1.36. The molecule has 0 amide bonds. The summed E-state index contributed by atoms with van der Waals surface area (Å²) >= 11 is 0. The molecule has 1 unspecified atom stereocenters. The highest BCUT2D eigenvalue weighted by atomic mass is 31.2. The summed E-state index contributed by atoms with van der Waals surface area (Å²) < 4.78 is 36.6. The van der Waals surface area contributed by atoms with Crippen LogP contribution in [-0.4, -0.2) is 51.6 Å². The molecule has 1 saturated heterocycles. The van der Waals surface area contributed by atoms with Crippen molar-refractivity contribution in [3.05, 3.63) is 53.1 Å². The minimum atomic E-state index is -4.23. The van der Waals surface area contributed by atoms with Crippen LogP contribution in [0, 0.1) is 17.2 Å². The number of esters is 1. The molecule has 0 saturated carbocycles. The number of nitrogen functional groups attached to an aromatic ring is 1. The number of hydrogen-bond donors (Lipinski definition) is 3. The van der Waals surface area contributed by atoms with Gasteiger partial charge in [-0.1, -0.05) is 18.2 Å². The maximum Gasteiger partial charge on any atom is 0.459 e. The molecule has 2 aromatic rings. The van der Waals surface area contributed by atoms with E-state index in [4.69, 9.17) is 24.3 Å². The van der Waals surface area contributed by atoms with Gasteiger partial charge in [0.1, 0.15) is 35.7 Å². The number of ether oxygens (including phenoxy) is 2. The molecule has 0 aliphatic carbocycles. The third-order valence-electron chi connectivity index (χ3n) is 5.08. The first-order valence-corrected chi connectivity index (χ1v) is 12.6. The second-order valence-electron chi connectivity index (χ2n) is 8.29. The van der Waals surface area contributed by atoms with Crippen molar-refractivity contribution in [2.24, 2.45) is 5.92 Å². The van der Waals surface area contributed by atoms with E-state index in [2.05, 4.69) is 10.1 Å². The fraction of sp³-hybridized carbons (Fsp3) is 0.455. The number of rotatable bonds is 10. The summed E-state index contributed by atoms with van der Waals surface area (Å²) in [5.41, 5.74) is 4.74. The van der Waals surface area contributed by atoms with E-state index >= 15 is 0 Å². The van der Waals surface area contributed by atoms with Crippen molar-refractivity contribution in [3.8, 4) is 11.8 Å². The highest BCUT2D eigenvalue weighted by molar-refractivity contribution is 7.52. The molecule has 0 radical (unpaired) electrons. The number of hydrogen-bond acceptors (Lipinski definition) is 11. The molecule has 194 valence electrons. The molecule has 0 spiro atoms. The van der Waals surface area contributed by atoms with Crippen molar-refractivity contribution in [2.45, 2.75) is 51.4 Å². The number of nitrogens with one attached hydrogen (secondary N) is 1. The molecule has 0 bridgehead atoms. The number of aliphatic hydroxyl groups is 1. The lowest BCUT2D eigenvalue weighted by Crippen LogP contribution is -2.37. The lowest BCUT2D eigenvalue weighted by Gasteiger charge is -2.25. The van der Waals surface area contributed by atoms with E-state index < -0.39 is 62.5 Å². The quantitative estimate of drug-likeness (QED) is 0.301. The predicted molar refractivity (Wildman–Crippen MR) is 126 cm³/mol. The lowest BCUT2D eigenvalue weighted by molar-refractivity contribution is -0.149. The smallest absolute Gasteiger partial charge is 0.459 e. The van der Waals surface area contributed by atoms with Gasteiger partial charge in [-0.2, -0.15) is 15.3 Å². The van der Waals surface area contributed by atoms with Crippen LogP contribution < -0.4 is 21.0 Å². The maximum absolute atomic E-state index is 13.6. The second kappa shape index (κ2) is 11.6. The highest BCUT2D eigenvalue weighted by Crippen LogP contribution is 2.46. The minimum absolute atomic E-state index is 0.0154. The molecule has 1 aromatic carbocycles. The number of nitrogens with zero attached hydrogens (tertiary/aromatic N) is 3. The molecule has 13 nitrogen and oxygen atoms in total. The Hall–Kier alpha value is -3.27. The van der Waals surface area contributed by atoms with Crippen LogP contribution in [0.3, 0.4) is 0 Å². The van der Waals surface area contributed by atoms with Crippen LogP contribution in [0.15, 0.2) is 47.4 Å². The van der Waals surface area contributed by atoms with Gasteiger partial charge in [0, 0.05) is 6.20 Å². The molecule has 6 atom stereocenters. The van der Waals surface area contributed by atoms with Gasteiger partial charge in [-0.05, 0) is 39.0 Å². The third-order valence-corrected chi connectivity index (χ3v) is 6.72. The number of para-hydroxylation sites is 1. The first-order chi connectivity index (χ1) is 17.0. The Bertz CT molecular complexity index is 1200. The van der Waals surface area contributed by atoms with Crippen LogP contribution in [-0.2, 0) is 23.4 Å². The molecular formula is C22H28N5O8P. The topological polar surface area (TPSA) is 188 Å². The Labute approximate surface area is 207 Å². The van der Waals surface area contributed by atoms with Gasteiger partial charge in [0.15, 0.2) is 6.23 Å². The van der Waals surface area contributed by atoms with E-state index in [1.54, 1.807) is 32.0 Å². The van der Waals surface area contributed by atoms with Crippen molar-refractivity contribution in [3.63, 3.8) is 0 Å². The van der Waals surface area contributed by atoms with Crippen LogP contribution in [0.25, 0.3) is 0 Å². The summed E-state index contributed by atoms with van der Waals surface area (Å²) in [5, 5.41) is 22.8. The monoisotopic (exact) mass is 521 g/mol. The Morgan fingerprint density at radius 1 is 1.33 bits per heavy atom. The zero-order chi connectivity index (χ0) is 26.5. The molecule has 1 aromatic heterocycles. The maximum atomic E-state index is 13.6. The largest absolute Gasteiger partial charge is 0.462 e. The number of carbonyl (C=O) groups is 1. The van der Waals surface area contributed by atoms with E-state index in [-0.39, 0.29) is 11.6 Å². The van der Waals surface area contributed by atoms with E-state index in [1.807, 2.05) is 6.07 Å². The van der Waals surface area contributed by atoms with Crippen molar-refractivity contribution >= 4 is 19.5 Å². The molecule has 2 heterocycles. The number of anilines is 1. The van der Waals surface area contributed by atoms with E-state index in [0.717, 1.165) is 4.57 Å². The fourth-order valence-corrected chi connectivity index (χ4v) is 4.89. The molecule has 3 rings (SSSR count). The molecule has 4 N–H and O–H groups in total. The average molecular weight is 521 g/mol. The molecular weight excluding hydrogens is 493 g/mol. The standard InChI is InChI=1S/C22H28N5O8P/c1-13(2)33-21(29)14(3)26-36(31,35-15-7-5-4-6-8-15)32-12-17-19(28)16(11-23)20(34-17)27-10-9-18(24)25-22(27)30/h4-10,13-14,16-17,19-20,28H,12H2,1-3H3,(H,26,31)(H2,24,25,30)/t14-,16-,17-,19+,20-,36?/m1/s1. The van der Waals surface area contributed by atoms with Crippen LogP contribution in [0.4, 0.5) is 5.82 Å². The Kier molecular flexibility index (Phi) is 8.84. The van der Waals surface area contributed by atoms with Gasteiger partial charge in [0.05, 0.1) is 18.8 Å². The normalized spacial score (nSPS) is 24.0. The first kappa shape index (κ1) is 27.3. The summed E-state index contributed by atoms with van der Waals surface area (Å²) in [6.45, 7) is 4.27. The van der Waals surface area contributed by atoms with Gasteiger partial charge in [-0.15, -0.1) is 0 Å². The van der Waals surface area contributed by atoms with Gasteiger partial charge in [0.2, 0.25) is 0 Å². The Balaban J connectivity index is 1.78. The van der Waals surface area contributed by atoms with Crippen molar-refractivity contribution in [1.29, 1.82) is 5.26 Å². The number of aromatic nitrogens is 2. The number of benzene rings is 1. The summed E-state index contributed by atoms with van der Waals surface area (Å²) in [5.74, 6) is -1.66. The summed E-state index contributed by atoms with van der Waals surface area (Å²) in [7, 11) is -4.23. The summed E-state index contributed by atoms with van der Waals surface area (Å²) in [6.07, 6.45) is -2.87. The molecule has 1 aliphatic heterocycles. The zero-order valence-electron chi connectivity index (χ0n) is 19.9. The van der Waals surface area contributed by atoms with Gasteiger partial charge in [-0.3, -0.25) is 13.9 Å². The first-order valence-electron chi connectivity index (χ1n) is 11.1. The molecule has 36 heavy (non-hydrogen) atoms. The summed E-state index contributed by atoms with van der Waals surface area (Å²) in [6, 6.07) is 10.3. The Morgan fingerprint density at radius 3 is 2.64 bits per heavy atom. The van der Waals surface area contributed by atoms with Crippen molar-refractivity contribution in [1.82, 2.24) is 14.6 Å². The fourth-order valence-electron chi connectivity index (χ4n) is 3.39. The van der Waals surface area contributed by atoms with Crippen molar-refractivity contribution in [2.75, 3.05) is 12.3 Å². The number of nitriles is 1. The van der Waals surface area contributed by atoms with Gasteiger partial charge in [0.25, 0.3) is 0 Å². The third kappa shape index (κ3) is 6.69. The number of nitrogens with two attached hydrogens (primary N) is 1. The number of carbonyl (C=O) groups excluding carboxylic acids is 1. The summed E-state index contributed by atoms with van der Waals surface area (Å²) in [4.78, 5) is 28.1. The van der Waals surface area contributed by atoms with Crippen molar-refractivity contribution < 1.29 is 33.0 Å². The van der Waals surface area contributed by atoms with Crippen LogP contribution in [0.1, 0.15) is 27.0 Å². The highest BCUT2D eigenvalue weighted by Gasteiger charge is 2.47. The van der Waals surface area contributed by atoms with Crippen LogP contribution in [0.5, 0.6) is 5.75 Å². The van der Waals surface area contributed by atoms with Crippen LogP contribution >= 0.6 is 7.75 Å². The molecule has 14 heteroatoms. The Morgan fingerprint density at radius 2 is 2.03 bits per heavy atom.